The molecule has 1 fully saturated rings. The minimum absolute atomic E-state index is 0.0721. The number of ether oxygens (including phenoxy) is 1. The normalized spacial score (nSPS) is 32.5. The lowest BCUT2D eigenvalue weighted by Crippen LogP contribution is -2.26. The highest BCUT2D eigenvalue weighted by Gasteiger charge is 2.24. The topological polar surface area (TPSA) is 29.5 Å². The van der Waals surface area contributed by atoms with E-state index in [2.05, 4.69) is 13.5 Å². The van der Waals surface area contributed by atoms with Gasteiger partial charge in [0.1, 0.15) is 0 Å². The van der Waals surface area contributed by atoms with Crippen LogP contribution in [-0.4, -0.2) is 17.3 Å². The summed E-state index contributed by atoms with van der Waals surface area (Å²) in [7, 11) is 0. The van der Waals surface area contributed by atoms with Gasteiger partial charge in [-0.05, 0) is 38.5 Å². The molecule has 0 radical (unpaired) electrons. The van der Waals surface area contributed by atoms with Gasteiger partial charge in [-0.25, -0.2) is 0 Å². The minimum Gasteiger partial charge on any atom is -0.499 e. The van der Waals surface area contributed by atoms with E-state index >= 15 is 0 Å². The number of hydrogen-bond acceptors (Lipinski definition) is 2. The molecular formula is C10H18O2. The molecule has 0 heterocycles. The van der Waals surface area contributed by atoms with Crippen LogP contribution in [0.5, 0.6) is 0 Å². The van der Waals surface area contributed by atoms with Crippen molar-refractivity contribution in [1.82, 2.24) is 0 Å². The zero-order chi connectivity index (χ0) is 8.97. The van der Waals surface area contributed by atoms with Crippen molar-refractivity contribution >= 4 is 0 Å². The Labute approximate surface area is 74.2 Å². The molecule has 1 rings (SSSR count). The van der Waals surface area contributed by atoms with Crippen LogP contribution in [0.25, 0.3) is 0 Å². The third kappa shape index (κ3) is 2.52. The molecule has 12 heavy (non-hydrogen) atoms. The number of aliphatic hydroxyl groups is 1. The van der Waals surface area contributed by atoms with Crippen molar-refractivity contribution in [3.63, 3.8) is 0 Å². The molecule has 1 aliphatic carbocycles. The molecule has 0 aromatic heterocycles. The monoisotopic (exact) mass is 170 g/mol. The molecule has 0 spiro atoms. The highest BCUT2D eigenvalue weighted by molar-refractivity contribution is 4.76. The molecule has 70 valence electrons. The van der Waals surface area contributed by atoms with Crippen LogP contribution in [0, 0.1) is 5.92 Å². The van der Waals surface area contributed by atoms with Crippen LogP contribution < -0.4 is 0 Å². The maximum absolute atomic E-state index is 9.28. The summed E-state index contributed by atoms with van der Waals surface area (Å²) in [4.78, 5) is 0. The fourth-order valence-electron chi connectivity index (χ4n) is 1.83. The third-order valence-electron chi connectivity index (χ3n) is 2.72. The second-order valence-electron chi connectivity index (χ2n) is 3.58. The Bertz CT molecular complexity index is 137. The predicted molar refractivity (Wildman–Crippen MR) is 48.7 cm³/mol. The summed E-state index contributed by atoms with van der Waals surface area (Å²) in [5.41, 5.74) is 0. The summed E-state index contributed by atoms with van der Waals surface area (Å²) in [5.74, 6) is 0.603. The second kappa shape index (κ2) is 4.51. The average Bonchev–Trinajstić information content (AvgIpc) is 2.06. The largest absolute Gasteiger partial charge is 0.499 e. The van der Waals surface area contributed by atoms with E-state index in [1.54, 1.807) is 0 Å². The standard InChI is InChI=1S/C10H18O2/c1-3-12-8(2)9-4-6-10(11)7-5-9/h3,8-11H,1,4-7H2,2H3. The van der Waals surface area contributed by atoms with Gasteiger partial charge in [0.05, 0.1) is 18.5 Å². The van der Waals surface area contributed by atoms with Gasteiger partial charge in [0.15, 0.2) is 0 Å². The fraction of sp³-hybridized carbons (Fsp3) is 0.800. The van der Waals surface area contributed by atoms with Gasteiger partial charge in [0.2, 0.25) is 0 Å². The Morgan fingerprint density at radius 2 is 2.00 bits per heavy atom. The molecule has 0 aromatic carbocycles. The van der Waals surface area contributed by atoms with Gasteiger partial charge >= 0.3 is 0 Å². The van der Waals surface area contributed by atoms with Crippen LogP contribution in [0.3, 0.4) is 0 Å². The first kappa shape index (κ1) is 9.59. The average molecular weight is 170 g/mol. The van der Waals surface area contributed by atoms with Crippen LogP contribution in [0.1, 0.15) is 32.6 Å². The van der Waals surface area contributed by atoms with Gasteiger partial charge in [0.25, 0.3) is 0 Å². The highest BCUT2D eigenvalue weighted by Crippen LogP contribution is 2.28. The van der Waals surface area contributed by atoms with E-state index in [4.69, 9.17) is 4.74 Å². The van der Waals surface area contributed by atoms with Gasteiger partial charge < -0.3 is 9.84 Å². The number of rotatable bonds is 3. The van der Waals surface area contributed by atoms with Crippen LogP contribution in [0.4, 0.5) is 0 Å². The maximum Gasteiger partial charge on any atom is 0.0978 e. The van der Waals surface area contributed by atoms with E-state index < -0.39 is 0 Å². The first-order valence-electron chi connectivity index (χ1n) is 4.68. The van der Waals surface area contributed by atoms with Crippen molar-refractivity contribution in [2.45, 2.75) is 44.8 Å². The van der Waals surface area contributed by atoms with E-state index in [-0.39, 0.29) is 12.2 Å². The summed E-state index contributed by atoms with van der Waals surface area (Å²) in [6.07, 6.45) is 5.71. The Morgan fingerprint density at radius 3 is 2.50 bits per heavy atom. The second-order valence-corrected chi connectivity index (χ2v) is 3.58. The van der Waals surface area contributed by atoms with E-state index in [1.165, 1.54) is 6.26 Å². The van der Waals surface area contributed by atoms with Crippen molar-refractivity contribution < 1.29 is 9.84 Å². The molecule has 0 amide bonds. The Morgan fingerprint density at radius 1 is 1.42 bits per heavy atom. The molecule has 1 saturated carbocycles. The smallest absolute Gasteiger partial charge is 0.0978 e. The van der Waals surface area contributed by atoms with Crippen molar-refractivity contribution in [3.05, 3.63) is 12.8 Å². The van der Waals surface area contributed by atoms with Crippen LogP contribution in [0.15, 0.2) is 12.8 Å². The molecule has 2 heteroatoms. The lowest BCUT2D eigenvalue weighted by molar-refractivity contribution is 0.0421. The summed E-state index contributed by atoms with van der Waals surface area (Å²) < 4.78 is 5.30. The zero-order valence-electron chi connectivity index (χ0n) is 7.70. The van der Waals surface area contributed by atoms with Crippen molar-refractivity contribution in [2.75, 3.05) is 0 Å². The highest BCUT2D eigenvalue weighted by atomic mass is 16.5. The van der Waals surface area contributed by atoms with Crippen molar-refractivity contribution in [2.24, 2.45) is 5.92 Å². The SMILES string of the molecule is C=COC(C)C1CCC(O)CC1. The molecule has 1 atom stereocenters. The molecule has 0 bridgehead atoms. The minimum atomic E-state index is -0.0721. The van der Waals surface area contributed by atoms with Gasteiger partial charge in [-0.15, -0.1) is 0 Å². The predicted octanol–water partition coefficient (Wildman–Crippen LogP) is 2.09. The maximum atomic E-state index is 9.28. The van der Waals surface area contributed by atoms with Gasteiger partial charge in [-0.2, -0.15) is 0 Å². The quantitative estimate of drug-likeness (QED) is 0.657. The molecule has 0 saturated heterocycles. The molecule has 0 aliphatic heterocycles. The lowest BCUT2D eigenvalue weighted by atomic mass is 9.84. The van der Waals surface area contributed by atoms with Crippen LogP contribution in [-0.2, 0) is 4.74 Å². The fourth-order valence-corrected chi connectivity index (χ4v) is 1.83. The molecule has 1 N–H and O–H groups in total. The molecule has 1 aliphatic rings. The Kier molecular flexibility index (Phi) is 3.60. The molecule has 0 aromatic rings. The molecule has 1 unspecified atom stereocenters. The van der Waals surface area contributed by atoms with Crippen LogP contribution in [0.2, 0.25) is 0 Å². The number of aliphatic hydroxyl groups excluding tert-OH is 1. The first-order chi connectivity index (χ1) is 5.74. The van der Waals surface area contributed by atoms with E-state index in [9.17, 15) is 5.11 Å². The van der Waals surface area contributed by atoms with E-state index in [0.29, 0.717) is 5.92 Å². The van der Waals surface area contributed by atoms with E-state index in [0.717, 1.165) is 25.7 Å². The summed E-state index contributed by atoms with van der Waals surface area (Å²) in [5, 5.41) is 9.28. The summed E-state index contributed by atoms with van der Waals surface area (Å²) in [6.45, 7) is 5.61. The summed E-state index contributed by atoms with van der Waals surface area (Å²) >= 11 is 0. The molecular weight excluding hydrogens is 152 g/mol. The Balaban J connectivity index is 2.28. The van der Waals surface area contributed by atoms with Crippen molar-refractivity contribution in [1.29, 1.82) is 0 Å². The Hall–Kier alpha value is -0.500. The number of hydrogen-bond donors (Lipinski definition) is 1. The van der Waals surface area contributed by atoms with E-state index in [1.807, 2.05) is 0 Å². The first-order valence-corrected chi connectivity index (χ1v) is 4.68. The third-order valence-corrected chi connectivity index (χ3v) is 2.72. The zero-order valence-corrected chi connectivity index (χ0v) is 7.70. The summed E-state index contributed by atoms with van der Waals surface area (Å²) in [6, 6.07) is 0. The van der Waals surface area contributed by atoms with Gasteiger partial charge in [-0.1, -0.05) is 6.58 Å². The van der Waals surface area contributed by atoms with Crippen molar-refractivity contribution in [3.8, 4) is 0 Å². The van der Waals surface area contributed by atoms with Gasteiger partial charge in [0, 0.05) is 0 Å². The van der Waals surface area contributed by atoms with Crippen LogP contribution >= 0.6 is 0 Å². The lowest BCUT2D eigenvalue weighted by Gasteiger charge is -2.29. The van der Waals surface area contributed by atoms with Gasteiger partial charge in [-0.3, -0.25) is 0 Å². The molecule has 2 nitrogen and oxygen atoms in total.